The van der Waals surface area contributed by atoms with Gasteiger partial charge in [-0.25, -0.2) is 4.79 Å². The number of carbonyl (C=O) groups excluding carboxylic acids is 1. The van der Waals surface area contributed by atoms with Gasteiger partial charge in [0.2, 0.25) is 0 Å². The summed E-state index contributed by atoms with van der Waals surface area (Å²) in [6.45, 7) is 3.19. The van der Waals surface area contributed by atoms with Crippen LogP contribution in [0.3, 0.4) is 0 Å². The normalized spacial score (nSPS) is 18.6. The highest BCUT2D eigenvalue weighted by Gasteiger charge is 2.27. The first-order chi connectivity index (χ1) is 9.63. The summed E-state index contributed by atoms with van der Waals surface area (Å²) in [4.78, 5) is 28.9. The molecule has 0 saturated carbocycles. The van der Waals surface area contributed by atoms with Gasteiger partial charge in [0.15, 0.2) is 0 Å². The number of piperidine rings is 1. The second kappa shape index (κ2) is 6.36. The van der Waals surface area contributed by atoms with Crippen molar-refractivity contribution in [3.63, 3.8) is 0 Å². The Morgan fingerprint density at radius 2 is 2.35 bits per heavy atom. The zero-order valence-corrected chi connectivity index (χ0v) is 11.4. The molecule has 1 aromatic heterocycles. The maximum Gasteiger partial charge on any atom is 0.341 e. The van der Waals surface area contributed by atoms with Crippen LogP contribution in [-0.4, -0.2) is 41.7 Å². The molecule has 1 N–H and O–H groups in total. The minimum Gasteiger partial charge on any atom is -0.481 e. The fourth-order valence-electron chi connectivity index (χ4n) is 2.43. The van der Waals surface area contributed by atoms with E-state index in [0.717, 1.165) is 13.0 Å². The van der Waals surface area contributed by atoms with Crippen molar-refractivity contribution in [2.45, 2.75) is 19.8 Å². The van der Waals surface area contributed by atoms with Gasteiger partial charge < -0.3 is 14.7 Å². The van der Waals surface area contributed by atoms with Gasteiger partial charge in [-0.1, -0.05) is 0 Å². The molecule has 6 heteroatoms. The van der Waals surface area contributed by atoms with E-state index in [1.165, 1.54) is 6.20 Å². The number of anilines is 1. The number of nitrogens with zero attached hydrogens (tertiary/aromatic N) is 2. The number of esters is 1. The first kappa shape index (κ1) is 14.3. The van der Waals surface area contributed by atoms with Crippen LogP contribution in [0.4, 0.5) is 5.69 Å². The molecule has 2 heterocycles. The van der Waals surface area contributed by atoms with E-state index in [1.54, 1.807) is 19.2 Å². The molecule has 1 saturated heterocycles. The van der Waals surface area contributed by atoms with E-state index >= 15 is 0 Å². The van der Waals surface area contributed by atoms with Gasteiger partial charge in [-0.3, -0.25) is 9.78 Å². The van der Waals surface area contributed by atoms with Crippen molar-refractivity contribution in [3.05, 3.63) is 24.0 Å². The number of carboxylic acids is 1. The standard InChI is InChI=1S/C14H18N2O4/c1-2-20-14(19)11-8-15-6-5-12(11)16-7-3-4-10(9-16)13(17)18/h5-6,8,10H,2-4,7,9H2,1H3,(H,17,18). The third-order valence-corrected chi connectivity index (χ3v) is 3.40. The predicted octanol–water partition coefficient (Wildman–Crippen LogP) is 1.56. The molecule has 0 radical (unpaired) electrons. The van der Waals surface area contributed by atoms with Crippen LogP contribution in [0.15, 0.2) is 18.5 Å². The predicted molar refractivity (Wildman–Crippen MR) is 72.8 cm³/mol. The third-order valence-electron chi connectivity index (χ3n) is 3.40. The highest BCUT2D eigenvalue weighted by molar-refractivity contribution is 5.95. The average Bonchev–Trinajstić information content (AvgIpc) is 2.47. The van der Waals surface area contributed by atoms with E-state index in [-0.39, 0.29) is 0 Å². The molecule has 1 aliphatic heterocycles. The fourth-order valence-corrected chi connectivity index (χ4v) is 2.43. The highest BCUT2D eigenvalue weighted by atomic mass is 16.5. The Bertz CT molecular complexity index is 504. The van der Waals surface area contributed by atoms with Crippen LogP contribution in [0, 0.1) is 5.92 Å². The number of hydrogen-bond donors (Lipinski definition) is 1. The number of ether oxygens (including phenoxy) is 1. The summed E-state index contributed by atoms with van der Waals surface area (Å²) in [5.41, 5.74) is 1.09. The molecule has 1 fully saturated rings. The molecule has 108 valence electrons. The molecule has 0 spiro atoms. The molecule has 2 rings (SSSR count). The number of aliphatic carboxylic acids is 1. The number of carboxylic acid groups (broad SMARTS) is 1. The van der Waals surface area contributed by atoms with Crippen molar-refractivity contribution in [3.8, 4) is 0 Å². The van der Waals surface area contributed by atoms with Crippen LogP contribution in [0.25, 0.3) is 0 Å². The lowest BCUT2D eigenvalue weighted by atomic mass is 9.97. The number of carbonyl (C=O) groups is 2. The fraction of sp³-hybridized carbons (Fsp3) is 0.500. The van der Waals surface area contributed by atoms with Gasteiger partial charge in [0, 0.05) is 25.5 Å². The lowest BCUT2D eigenvalue weighted by Gasteiger charge is -2.33. The Labute approximate surface area is 117 Å². The van der Waals surface area contributed by atoms with Crippen LogP contribution in [0.2, 0.25) is 0 Å². The third kappa shape index (κ3) is 3.07. The summed E-state index contributed by atoms with van der Waals surface area (Å²) >= 11 is 0. The molecule has 1 atom stereocenters. The van der Waals surface area contributed by atoms with Gasteiger partial charge >= 0.3 is 11.9 Å². The molecule has 1 aliphatic rings. The van der Waals surface area contributed by atoms with Crippen molar-refractivity contribution in [1.82, 2.24) is 4.98 Å². The maximum absolute atomic E-state index is 11.9. The van der Waals surface area contributed by atoms with Gasteiger partial charge in [0.25, 0.3) is 0 Å². The van der Waals surface area contributed by atoms with Crippen molar-refractivity contribution in [2.24, 2.45) is 5.92 Å². The first-order valence-corrected chi connectivity index (χ1v) is 6.72. The summed E-state index contributed by atoms with van der Waals surface area (Å²) in [5.74, 6) is -1.61. The molecule has 20 heavy (non-hydrogen) atoms. The Kier molecular flexibility index (Phi) is 4.55. The Morgan fingerprint density at radius 1 is 1.55 bits per heavy atom. The minimum atomic E-state index is -0.790. The largest absolute Gasteiger partial charge is 0.481 e. The molecular weight excluding hydrogens is 260 g/mol. The molecule has 0 aliphatic carbocycles. The summed E-state index contributed by atoms with van der Waals surface area (Å²) in [6.07, 6.45) is 4.54. The smallest absolute Gasteiger partial charge is 0.341 e. The molecular formula is C14H18N2O4. The van der Waals surface area contributed by atoms with Gasteiger partial charge in [-0.05, 0) is 25.8 Å². The maximum atomic E-state index is 11.9. The second-order valence-electron chi connectivity index (χ2n) is 4.74. The SMILES string of the molecule is CCOC(=O)c1cnccc1N1CCCC(C(=O)O)C1. The van der Waals surface area contributed by atoms with E-state index in [0.29, 0.717) is 30.8 Å². The Balaban J connectivity index is 2.23. The molecule has 0 aromatic carbocycles. The minimum absolute atomic E-state index is 0.297. The van der Waals surface area contributed by atoms with Gasteiger partial charge in [-0.15, -0.1) is 0 Å². The van der Waals surface area contributed by atoms with Crippen molar-refractivity contribution < 1.29 is 19.4 Å². The molecule has 6 nitrogen and oxygen atoms in total. The molecule has 0 amide bonds. The van der Waals surface area contributed by atoms with E-state index < -0.39 is 17.9 Å². The van der Waals surface area contributed by atoms with Crippen LogP contribution in [0.5, 0.6) is 0 Å². The van der Waals surface area contributed by atoms with E-state index in [4.69, 9.17) is 9.84 Å². The summed E-state index contributed by atoms with van der Waals surface area (Å²) in [6, 6.07) is 1.73. The highest BCUT2D eigenvalue weighted by Crippen LogP contribution is 2.26. The second-order valence-corrected chi connectivity index (χ2v) is 4.74. The van der Waals surface area contributed by atoms with Crippen molar-refractivity contribution >= 4 is 17.6 Å². The zero-order chi connectivity index (χ0) is 14.5. The topological polar surface area (TPSA) is 79.7 Å². The van der Waals surface area contributed by atoms with E-state index in [2.05, 4.69) is 4.98 Å². The van der Waals surface area contributed by atoms with E-state index in [9.17, 15) is 9.59 Å². The number of pyridine rings is 1. The van der Waals surface area contributed by atoms with Crippen molar-refractivity contribution in [1.29, 1.82) is 0 Å². The summed E-state index contributed by atoms with van der Waals surface area (Å²) < 4.78 is 5.01. The quantitative estimate of drug-likeness (QED) is 0.842. The van der Waals surface area contributed by atoms with Gasteiger partial charge in [-0.2, -0.15) is 0 Å². The Morgan fingerprint density at radius 3 is 3.05 bits per heavy atom. The summed E-state index contributed by atoms with van der Waals surface area (Å²) in [5, 5.41) is 9.14. The van der Waals surface area contributed by atoms with Crippen LogP contribution in [-0.2, 0) is 9.53 Å². The average molecular weight is 278 g/mol. The van der Waals surface area contributed by atoms with E-state index in [1.807, 2.05) is 4.90 Å². The van der Waals surface area contributed by atoms with Crippen molar-refractivity contribution in [2.75, 3.05) is 24.6 Å². The Hall–Kier alpha value is -2.11. The van der Waals surface area contributed by atoms with Crippen LogP contribution < -0.4 is 4.90 Å². The van der Waals surface area contributed by atoms with Crippen LogP contribution in [0.1, 0.15) is 30.1 Å². The summed E-state index contributed by atoms with van der Waals surface area (Å²) in [7, 11) is 0. The molecule has 0 bridgehead atoms. The number of rotatable bonds is 4. The van der Waals surface area contributed by atoms with Gasteiger partial charge in [0.05, 0.1) is 18.2 Å². The zero-order valence-electron chi connectivity index (χ0n) is 11.4. The first-order valence-electron chi connectivity index (χ1n) is 6.72. The van der Waals surface area contributed by atoms with Gasteiger partial charge in [0.1, 0.15) is 5.56 Å². The number of aromatic nitrogens is 1. The lowest BCUT2D eigenvalue weighted by molar-refractivity contribution is -0.141. The van der Waals surface area contributed by atoms with Crippen LogP contribution >= 0.6 is 0 Å². The monoisotopic (exact) mass is 278 g/mol. The number of hydrogen-bond acceptors (Lipinski definition) is 5. The molecule has 1 unspecified atom stereocenters. The molecule has 1 aromatic rings. The lowest BCUT2D eigenvalue weighted by Crippen LogP contribution is -2.39.